The van der Waals surface area contributed by atoms with E-state index in [1.165, 1.54) is 0 Å². The minimum atomic E-state index is -0.562. The minimum Gasteiger partial charge on any atom is -0.442 e. The number of ether oxygens (including phenoxy) is 1. The van der Waals surface area contributed by atoms with E-state index in [2.05, 4.69) is 15.9 Å². The molecule has 1 aromatic carbocycles. The van der Waals surface area contributed by atoms with Gasteiger partial charge in [-0.3, -0.25) is 4.79 Å². The topological polar surface area (TPSA) is 59.8 Å². The van der Waals surface area contributed by atoms with Gasteiger partial charge in [0.25, 0.3) is 0 Å². The molecule has 1 amide bonds. The summed E-state index contributed by atoms with van der Waals surface area (Å²) in [6.45, 7) is 2.46. The van der Waals surface area contributed by atoms with Crippen LogP contribution in [0.15, 0.2) is 39.4 Å². The Morgan fingerprint density at radius 1 is 1.36 bits per heavy atom. The van der Waals surface area contributed by atoms with Crippen molar-refractivity contribution in [1.29, 1.82) is 0 Å². The summed E-state index contributed by atoms with van der Waals surface area (Å²) in [6.07, 6.45) is 1.41. The number of hydrogen-bond donors (Lipinski definition) is 0. The van der Waals surface area contributed by atoms with Gasteiger partial charge in [-0.2, -0.15) is 0 Å². The van der Waals surface area contributed by atoms with Crippen LogP contribution >= 0.6 is 15.9 Å². The molecule has 2 aromatic rings. The van der Waals surface area contributed by atoms with Crippen LogP contribution in [-0.4, -0.2) is 18.4 Å². The van der Waals surface area contributed by atoms with E-state index in [1.54, 1.807) is 36.1 Å². The molecule has 0 unspecified atom stereocenters. The Morgan fingerprint density at radius 2 is 2.18 bits per heavy atom. The number of esters is 1. The van der Waals surface area contributed by atoms with E-state index in [0.717, 1.165) is 12.1 Å². The Hall–Kier alpha value is -2.08. The molecule has 22 heavy (non-hydrogen) atoms. The van der Waals surface area contributed by atoms with Gasteiger partial charge in [0.05, 0.1) is 0 Å². The molecule has 1 aliphatic rings. The highest BCUT2D eigenvalue weighted by atomic mass is 79.9. The third kappa shape index (κ3) is 2.92. The lowest BCUT2D eigenvalue weighted by molar-refractivity contribution is -0.117. The summed E-state index contributed by atoms with van der Waals surface area (Å²) >= 11 is 3.18. The Balaban J connectivity index is 1.79. The van der Waals surface area contributed by atoms with Gasteiger partial charge in [-0.25, -0.2) is 4.79 Å². The predicted molar refractivity (Wildman–Crippen MR) is 84.1 cm³/mol. The first-order chi connectivity index (χ1) is 10.5. The molecular weight excluding hydrogens is 350 g/mol. The molecule has 3 rings (SSSR count). The third-order valence-corrected chi connectivity index (χ3v) is 3.88. The second-order valence-corrected chi connectivity index (χ2v) is 5.88. The number of furan rings is 1. The summed E-state index contributed by atoms with van der Waals surface area (Å²) in [5, 5.41) is 0. The van der Waals surface area contributed by atoms with Crippen LogP contribution < -0.4 is 9.64 Å². The zero-order valence-corrected chi connectivity index (χ0v) is 13.6. The maximum Gasteiger partial charge on any atom is 0.379 e. The highest BCUT2D eigenvalue weighted by Crippen LogP contribution is 2.27. The first kappa shape index (κ1) is 14.8. The van der Waals surface area contributed by atoms with Gasteiger partial charge < -0.3 is 14.1 Å². The summed E-state index contributed by atoms with van der Waals surface area (Å²) in [5.74, 6) is 0.0750. The molecule has 114 valence electrons. The maximum atomic E-state index is 12.1. The number of halogens is 1. The van der Waals surface area contributed by atoms with Crippen LogP contribution in [0, 0.1) is 6.92 Å². The van der Waals surface area contributed by atoms with Crippen molar-refractivity contribution < 1.29 is 18.7 Å². The van der Waals surface area contributed by atoms with Crippen molar-refractivity contribution in [3.05, 3.63) is 46.3 Å². The van der Waals surface area contributed by atoms with E-state index in [0.29, 0.717) is 28.9 Å². The number of amides is 1. The Kier molecular flexibility index (Phi) is 4.02. The molecule has 0 atom stereocenters. The molecule has 0 bridgehead atoms. The van der Waals surface area contributed by atoms with Crippen LogP contribution in [0.1, 0.15) is 29.0 Å². The Morgan fingerprint density at radius 3 is 2.82 bits per heavy atom. The largest absolute Gasteiger partial charge is 0.442 e. The van der Waals surface area contributed by atoms with Gasteiger partial charge in [0.2, 0.25) is 11.7 Å². The molecular formula is C16H14BrNO4. The lowest BCUT2D eigenvalue weighted by atomic mass is 10.2. The first-order valence-corrected chi connectivity index (χ1v) is 7.72. The predicted octanol–water partition coefficient (Wildman–Crippen LogP) is 3.70. The van der Waals surface area contributed by atoms with Crippen LogP contribution in [0.4, 0.5) is 5.69 Å². The van der Waals surface area contributed by atoms with Crippen LogP contribution in [0.3, 0.4) is 0 Å². The van der Waals surface area contributed by atoms with E-state index >= 15 is 0 Å². The molecule has 1 aliphatic heterocycles. The average molecular weight is 364 g/mol. The van der Waals surface area contributed by atoms with Crippen molar-refractivity contribution in [2.24, 2.45) is 0 Å². The lowest BCUT2D eigenvalue weighted by Crippen LogP contribution is -2.23. The maximum absolute atomic E-state index is 12.1. The number of hydrogen-bond acceptors (Lipinski definition) is 4. The fourth-order valence-electron chi connectivity index (χ4n) is 2.44. The molecule has 6 heteroatoms. The number of benzene rings is 1. The van der Waals surface area contributed by atoms with E-state index in [4.69, 9.17) is 9.15 Å². The van der Waals surface area contributed by atoms with Crippen molar-refractivity contribution in [3.63, 3.8) is 0 Å². The fourth-order valence-corrected chi connectivity index (χ4v) is 2.94. The Labute approximate surface area is 136 Å². The summed E-state index contributed by atoms with van der Waals surface area (Å²) in [7, 11) is 0. The monoisotopic (exact) mass is 363 g/mol. The Bertz CT molecular complexity index is 737. The van der Waals surface area contributed by atoms with E-state index in [-0.39, 0.29) is 11.7 Å². The van der Waals surface area contributed by atoms with Gasteiger partial charge in [0.15, 0.2) is 4.67 Å². The van der Waals surface area contributed by atoms with Gasteiger partial charge in [-0.1, -0.05) is 6.07 Å². The van der Waals surface area contributed by atoms with Crippen molar-refractivity contribution in [1.82, 2.24) is 0 Å². The van der Waals surface area contributed by atoms with Gasteiger partial charge in [0, 0.05) is 30.3 Å². The number of aryl methyl sites for hydroxylation is 1. The summed E-state index contributed by atoms with van der Waals surface area (Å²) < 4.78 is 11.1. The molecule has 1 saturated heterocycles. The normalized spacial score (nSPS) is 14.5. The van der Waals surface area contributed by atoms with E-state index in [1.807, 2.05) is 6.07 Å². The van der Waals surface area contributed by atoms with Gasteiger partial charge >= 0.3 is 5.97 Å². The second-order valence-electron chi connectivity index (χ2n) is 5.10. The molecule has 0 radical (unpaired) electrons. The van der Waals surface area contributed by atoms with Crippen LogP contribution in [0.2, 0.25) is 0 Å². The minimum absolute atomic E-state index is 0.0919. The smallest absolute Gasteiger partial charge is 0.379 e. The number of anilines is 1. The molecule has 0 aliphatic carbocycles. The molecule has 0 N–H and O–H groups in total. The first-order valence-electron chi connectivity index (χ1n) is 6.93. The molecule has 1 aromatic heterocycles. The molecule has 5 nitrogen and oxygen atoms in total. The highest BCUT2D eigenvalue weighted by Gasteiger charge is 2.23. The lowest BCUT2D eigenvalue weighted by Gasteiger charge is -2.16. The molecule has 0 saturated carbocycles. The summed E-state index contributed by atoms with van der Waals surface area (Å²) in [4.78, 5) is 25.6. The third-order valence-electron chi connectivity index (χ3n) is 3.49. The quantitative estimate of drug-likeness (QED) is 0.616. The summed E-state index contributed by atoms with van der Waals surface area (Å²) in [6, 6.07) is 8.66. The van der Waals surface area contributed by atoms with Gasteiger partial charge in [0.1, 0.15) is 5.75 Å². The van der Waals surface area contributed by atoms with Gasteiger partial charge in [-0.05, 0) is 47.5 Å². The average Bonchev–Trinajstić information content (AvgIpc) is 3.04. The second kappa shape index (κ2) is 5.96. The van der Waals surface area contributed by atoms with Crippen molar-refractivity contribution in [2.45, 2.75) is 19.8 Å². The fraction of sp³-hybridized carbons (Fsp3) is 0.250. The van der Waals surface area contributed by atoms with Crippen molar-refractivity contribution in [3.8, 4) is 5.75 Å². The standard InChI is InChI=1S/C16H14BrNO4/c1-10-8-13(17)22-15(10)16(20)21-12-5-2-4-11(9-12)18-7-3-6-14(18)19/h2,4-5,8-9H,3,6-7H2,1H3. The van der Waals surface area contributed by atoms with Crippen LogP contribution in [0.25, 0.3) is 0 Å². The van der Waals surface area contributed by atoms with Crippen molar-refractivity contribution in [2.75, 3.05) is 11.4 Å². The van der Waals surface area contributed by atoms with E-state index < -0.39 is 5.97 Å². The van der Waals surface area contributed by atoms with E-state index in [9.17, 15) is 9.59 Å². The number of carbonyl (C=O) groups is 2. The number of carbonyl (C=O) groups excluding carboxylic acids is 2. The van der Waals surface area contributed by atoms with Crippen molar-refractivity contribution >= 4 is 33.5 Å². The highest BCUT2D eigenvalue weighted by molar-refractivity contribution is 9.10. The zero-order chi connectivity index (χ0) is 15.7. The molecule has 2 heterocycles. The van der Waals surface area contributed by atoms with Crippen LogP contribution in [0.5, 0.6) is 5.75 Å². The van der Waals surface area contributed by atoms with Crippen LogP contribution in [-0.2, 0) is 4.79 Å². The van der Waals surface area contributed by atoms with Gasteiger partial charge in [-0.15, -0.1) is 0 Å². The number of rotatable bonds is 3. The zero-order valence-electron chi connectivity index (χ0n) is 12.0. The molecule has 0 spiro atoms. The number of nitrogens with zero attached hydrogens (tertiary/aromatic N) is 1. The summed E-state index contributed by atoms with van der Waals surface area (Å²) in [5.41, 5.74) is 1.44. The SMILES string of the molecule is Cc1cc(Br)oc1C(=O)Oc1cccc(N2CCCC2=O)c1. The molecule has 1 fully saturated rings.